The van der Waals surface area contributed by atoms with Crippen LogP contribution in [0.3, 0.4) is 0 Å². The van der Waals surface area contributed by atoms with Crippen LogP contribution in [0.5, 0.6) is 5.75 Å². The minimum atomic E-state index is -3.93. The van der Waals surface area contributed by atoms with Crippen LogP contribution >= 0.6 is 11.6 Å². The van der Waals surface area contributed by atoms with Crippen LogP contribution in [0, 0.1) is 5.82 Å². The van der Waals surface area contributed by atoms with E-state index in [4.69, 9.17) is 21.4 Å². The summed E-state index contributed by atoms with van der Waals surface area (Å²) in [6, 6.07) is 8.41. The molecule has 2 aromatic rings. The Morgan fingerprint density at radius 2 is 1.87 bits per heavy atom. The molecule has 0 aliphatic carbocycles. The number of carbonyl (C=O) groups is 1. The lowest BCUT2D eigenvalue weighted by Crippen LogP contribution is -2.13. The van der Waals surface area contributed by atoms with Gasteiger partial charge in [0.25, 0.3) is 10.0 Å². The Hall–Kier alpha value is -2.32. The van der Waals surface area contributed by atoms with Crippen molar-refractivity contribution < 1.29 is 27.4 Å². The van der Waals surface area contributed by atoms with Crippen LogP contribution in [0.4, 0.5) is 10.1 Å². The van der Waals surface area contributed by atoms with Crippen molar-refractivity contribution in [2.45, 2.75) is 4.90 Å². The summed E-state index contributed by atoms with van der Waals surface area (Å²) >= 11 is 5.78. The molecule has 0 saturated heterocycles. The van der Waals surface area contributed by atoms with E-state index in [1.165, 1.54) is 30.3 Å². The summed E-state index contributed by atoms with van der Waals surface area (Å²) in [6.45, 7) is -0.532. The molecule has 0 spiro atoms. The fraction of sp³-hybridized carbons (Fsp3) is 0.0714. The van der Waals surface area contributed by atoms with E-state index in [1.54, 1.807) is 0 Å². The Bertz CT molecular complexity index is 824. The Balaban J connectivity index is 2.17. The highest BCUT2D eigenvalue weighted by Gasteiger charge is 2.16. The molecular weight excluding hydrogens is 349 g/mol. The van der Waals surface area contributed by atoms with Crippen LogP contribution in [-0.2, 0) is 14.8 Å². The van der Waals surface area contributed by atoms with Gasteiger partial charge in [-0.3, -0.25) is 4.72 Å². The Kier molecular flexibility index (Phi) is 5.07. The van der Waals surface area contributed by atoms with Crippen molar-refractivity contribution >= 4 is 33.3 Å². The first kappa shape index (κ1) is 17.0. The molecule has 0 aromatic heterocycles. The van der Waals surface area contributed by atoms with E-state index in [0.717, 1.165) is 12.1 Å². The lowest BCUT2D eigenvalue weighted by molar-refractivity contribution is -0.139. The van der Waals surface area contributed by atoms with Crippen molar-refractivity contribution in [2.75, 3.05) is 11.3 Å². The average molecular weight is 360 g/mol. The maximum absolute atomic E-state index is 13.0. The molecule has 0 heterocycles. The van der Waals surface area contributed by atoms with Gasteiger partial charge in [0.2, 0.25) is 0 Å². The highest BCUT2D eigenvalue weighted by molar-refractivity contribution is 7.92. The van der Waals surface area contributed by atoms with Gasteiger partial charge in [0.15, 0.2) is 6.61 Å². The molecule has 0 fully saturated rings. The summed E-state index contributed by atoms with van der Waals surface area (Å²) in [5, 5.41) is 8.42. The van der Waals surface area contributed by atoms with Crippen molar-refractivity contribution in [1.82, 2.24) is 0 Å². The summed E-state index contributed by atoms with van der Waals surface area (Å²) in [5.74, 6) is -1.52. The number of rotatable bonds is 6. The number of benzene rings is 2. The number of hydrogen-bond acceptors (Lipinski definition) is 4. The zero-order valence-electron chi connectivity index (χ0n) is 11.5. The molecule has 0 saturated carbocycles. The van der Waals surface area contributed by atoms with Crippen molar-refractivity contribution in [3.8, 4) is 5.75 Å². The monoisotopic (exact) mass is 359 g/mol. The summed E-state index contributed by atoms with van der Waals surface area (Å²) < 4.78 is 44.5. The number of ether oxygens (including phenoxy) is 1. The number of aliphatic carboxylic acids is 1. The van der Waals surface area contributed by atoms with Gasteiger partial charge in [-0.2, -0.15) is 0 Å². The summed E-state index contributed by atoms with van der Waals surface area (Å²) in [5.41, 5.74) is 0.0410. The van der Waals surface area contributed by atoms with Crippen LogP contribution in [0.25, 0.3) is 0 Å². The smallest absolute Gasteiger partial charge is 0.341 e. The third kappa shape index (κ3) is 4.57. The molecule has 6 nitrogen and oxygen atoms in total. The largest absolute Gasteiger partial charge is 0.482 e. The quantitative estimate of drug-likeness (QED) is 0.827. The minimum absolute atomic E-state index is 0.0410. The van der Waals surface area contributed by atoms with E-state index in [-0.39, 0.29) is 21.4 Å². The normalized spacial score (nSPS) is 11.0. The van der Waals surface area contributed by atoms with Crippen LogP contribution in [0.1, 0.15) is 0 Å². The Morgan fingerprint density at radius 1 is 1.22 bits per heavy atom. The minimum Gasteiger partial charge on any atom is -0.482 e. The fourth-order valence-corrected chi connectivity index (χ4v) is 2.99. The third-order valence-corrected chi connectivity index (χ3v) is 4.37. The topological polar surface area (TPSA) is 92.7 Å². The Labute approximate surface area is 136 Å². The molecule has 2 N–H and O–H groups in total. The number of carboxylic acid groups (broad SMARTS) is 1. The number of anilines is 1. The first-order valence-corrected chi connectivity index (χ1v) is 8.06. The lowest BCUT2D eigenvalue weighted by atomic mass is 10.3. The zero-order valence-corrected chi connectivity index (χ0v) is 13.1. The molecule has 0 bridgehead atoms. The number of carboxylic acids is 1. The highest BCUT2D eigenvalue weighted by atomic mass is 35.5. The molecule has 0 atom stereocenters. The summed E-state index contributed by atoms with van der Waals surface area (Å²) in [4.78, 5) is 10.3. The van der Waals surface area contributed by atoms with Gasteiger partial charge in [0.05, 0.1) is 15.6 Å². The molecule has 0 radical (unpaired) electrons. The van der Waals surface area contributed by atoms with Crippen LogP contribution < -0.4 is 9.46 Å². The number of halogens is 2. The van der Waals surface area contributed by atoms with Gasteiger partial charge in [-0.1, -0.05) is 11.6 Å². The lowest BCUT2D eigenvalue weighted by Gasteiger charge is -2.10. The molecule has 0 amide bonds. The first-order valence-electron chi connectivity index (χ1n) is 6.20. The van der Waals surface area contributed by atoms with E-state index < -0.39 is 28.4 Å². The van der Waals surface area contributed by atoms with Crippen LogP contribution in [0.2, 0.25) is 5.02 Å². The van der Waals surface area contributed by atoms with E-state index in [1.807, 2.05) is 0 Å². The van der Waals surface area contributed by atoms with Gasteiger partial charge in [-0.15, -0.1) is 0 Å². The van der Waals surface area contributed by atoms with Crippen LogP contribution in [-0.4, -0.2) is 26.1 Å². The predicted octanol–water partition coefficient (Wildman–Crippen LogP) is 2.74. The second-order valence-electron chi connectivity index (χ2n) is 4.38. The van der Waals surface area contributed by atoms with Crippen molar-refractivity contribution in [1.29, 1.82) is 0 Å². The van der Waals surface area contributed by atoms with E-state index in [0.29, 0.717) is 0 Å². The van der Waals surface area contributed by atoms with Gasteiger partial charge < -0.3 is 9.84 Å². The second-order valence-corrected chi connectivity index (χ2v) is 6.47. The van der Waals surface area contributed by atoms with E-state index >= 15 is 0 Å². The van der Waals surface area contributed by atoms with Crippen LogP contribution in [0.15, 0.2) is 47.4 Å². The van der Waals surface area contributed by atoms with Gasteiger partial charge in [0, 0.05) is 0 Å². The SMILES string of the molecule is O=C(O)COc1ccc(S(=O)(=O)Nc2ccc(F)cc2Cl)cc1. The van der Waals surface area contributed by atoms with Crippen molar-refractivity contribution in [3.63, 3.8) is 0 Å². The molecule has 2 rings (SSSR count). The average Bonchev–Trinajstić information content (AvgIpc) is 2.48. The van der Waals surface area contributed by atoms with E-state index in [2.05, 4.69) is 4.72 Å². The molecule has 23 heavy (non-hydrogen) atoms. The van der Waals surface area contributed by atoms with Gasteiger partial charge in [-0.05, 0) is 42.5 Å². The standard InChI is InChI=1S/C14H11ClFNO5S/c15-12-7-9(16)1-6-13(12)17-23(20,21)11-4-2-10(3-5-11)22-8-14(18)19/h1-7,17H,8H2,(H,18,19). The molecule has 0 aliphatic rings. The molecular formula is C14H11ClFNO5S. The molecule has 2 aromatic carbocycles. The van der Waals surface area contributed by atoms with Gasteiger partial charge in [0.1, 0.15) is 11.6 Å². The number of sulfonamides is 1. The van der Waals surface area contributed by atoms with Gasteiger partial charge in [-0.25, -0.2) is 17.6 Å². The summed E-state index contributed by atoms with van der Waals surface area (Å²) in [6.07, 6.45) is 0. The Morgan fingerprint density at radius 3 is 2.43 bits per heavy atom. The molecule has 9 heteroatoms. The maximum atomic E-state index is 13.0. The highest BCUT2D eigenvalue weighted by Crippen LogP contribution is 2.26. The summed E-state index contributed by atoms with van der Waals surface area (Å²) in [7, 11) is -3.93. The second kappa shape index (κ2) is 6.84. The maximum Gasteiger partial charge on any atom is 0.341 e. The number of hydrogen-bond donors (Lipinski definition) is 2. The third-order valence-electron chi connectivity index (χ3n) is 2.67. The fourth-order valence-electron chi connectivity index (χ4n) is 1.64. The zero-order chi connectivity index (χ0) is 17.0. The molecule has 0 aliphatic heterocycles. The first-order chi connectivity index (χ1) is 10.8. The molecule has 122 valence electrons. The predicted molar refractivity (Wildman–Crippen MR) is 81.8 cm³/mol. The van der Waals surface area contributed by atoms with Crippen molar-refractivity contribution in [2.24, 2.45) is 0 Å². The van der Waals surface area contributed by atoms with Crippen molar-refractivity contribution in [3.05, 3.63) is 53.3 Å². The number of nitrogens with one attached hydrogen (secondary N) is 1. The van der Waals surface area contributed by atoms with E-state index in [9.17, 15) is 17.6 Å². The van der Waals surface area contributed by atoms with Gasteiger partial charge >= 0.3 is 5.97 Å². The molecule has 0 unspecified atom stereocenters.